The molecule has 1 fully saturated rings. The lowest BCUT2D eigenvalue weighted by molar-refractivity contribution is 0.442. The van der Waals surface area contributed by atoms with Gasteiger partial charge in [-0.1, -0.05) is 47.2 Å². The molecule has 1 heterocycles. The summed E-state index contributed by atoms with van der Waals surface area (Å²) in [6, 6.07) is 7.42. The van der Waals surface area contributed by atoms with E-state index in [0.717, 1.165) is 9.84 Å². The molecule has 1 nitrogen and oxygen atoms in total. The Morgan fingerprint density at radius 3 is 3.07 bits per heavy atom. The van der Waals surface area contributed by atoms with Crippen LogP contribution >= 0.6 is 22.6 Å². The molecular weight excluding hydrogens is 297 g/mol. The molecule has 0 bridgehead atoms. The van der Waals surface area contributed by atoms with Crippen LogP contribution in [0.5, 0.6) is 0 Å². The van der Waals surface area contributed by atoms with E-state index in [9.17, 15) is 0 Å². The molecule has 80 valence electrons. The standard InChI is InChI=1S/C13H16IN/c1-8-4-2-5-9-10-6-3-7-11(14)13(10)15-12(8)9/h2,4-5,10-11,13,15H,3,6-7H2,1H3. The number of aryl methyl sites for hydroxylation is 1. The van der Waals surface area contributed by atoms with Gasteiger partial charge in [0.15, 0.2) is 0 Å². The largest absolute Gasteiger partial charge is 0.380 e. The summed E-state index contributed by atoms with van der Waals surface area (Å²) in [7, 11) is 0. The molecule has 0 amide bonds. The van der Waals surface area contributed by atoms with Crippen molar-refractivity contribution in [1.82, 2.24) is 0 Å². The lowest BCUT2D eigenvalue weighted by Gasteiger charge is -2.30. The summed E-state index contributed by atoms with van der Waals surface area (Å²) in [6.07, 6.45) is 4.14. The molecule has 0 spiro atoms. The van der Waals surface area contributed by atoms with Gasteiger partial charge in [0, 0.05) is 21.6 Å². The smallest absolute Gasteiger partial charge is 0.0448 e. The van der Waals surface area contributed by atoms with Crippen molar-refractivity contribution in [2.24, 2.45) is 0 Å². The normalized spacial score (nSPS) is 33.1. The maximum atomic E-state index is 3.75. The summed E-state index contributed by atoms with van der Waals surface area (Å²) in [5.41, 5.74) is 4.41. The van der Waals surface area contributed by atoms with Crippen molar-refractivity contribution in [2.75, 3.05) is 5.32 Å². The summed E-state index contributed by atoms with van der Waals surface area (Å²) in [5, 5.41) is 3.75. The summed E-state index contributed by atoms with van der Waals surface area (Å²) in [6.45, 7) is 2.21. The first-order valence-corrected chi connectivity index (χ1v) is 7.02. The summed E-state index contributed by atoms with van der Waals surface area (Å²) < 4.78 is 0.799. The Labute approximate surface area is 105 Å². The van der Waals surface area contributed by atoms with Crippen LogP contribution in [0.3, 0.4) is 0 Å². The number of para-hydroxylation sites is 1. The van der Waals surface area contributed by atoms with Crippen molar-refractivity contribution < 1.29 is 0 Å². The van der Waals surface area contributed by atoms with Gasteiger partial charge in [-0.3, -0.25) is 0 Å². The number of alkyl halides is 1. The van der Waals surface area contributed by atoms with Crippen molar-refractivity contribution in [3.8, 4) is 0 Å². The molecule has 2 aliphatic rings. The van der Waals surface area contributed by atoms with Crippen LogP contribution in [0.4, 0.5) is 5.69 Å². The molecule has 1 saturated carbocycles. The minimum atomic E-state index is 0.690. The Kier molecular flexibility index (Phi) is 2.42. The van der Waals surface area contributed by atoms with E-state index in [-0.39, 0.29) is 0 Å². The molecule has 1 aromatic rings. The van der Waals surface area contributed by atoms with Crippen molar-refractivity contribution in [3.05, 3.63) is 29.3 Å². The van der Waals surface area contributed by atoms with Crippen LogP contribution in [-0.4, -0.2) is 9.97 Å². The first-order chi connectivity index (χ1) is 7.27. The average Bonchev–Trinajstić information content (AvgIpc) is 2.60. The lowest BCUT2D eigenvalue weighted by atomic mass is 9.82. The third-order valence-electron chi connectivity index (χ3n) is 3.83. The highest BCUT2D eigenvalue weighted by atomic mass is 127. The van der Waals surface area contributed by atoms with Crippen LogP contribution in [-0.2, 0) is 0 Å². The van der Waals surface area contributed by atoms with Gasteiger partial charge in [-0.15, -0.1) is 0 Å². The Morgan fingerprint density at radius 2 is 2.20 bits per heavy atom. The van der Waals surface area contributed by atoms with Gasteiger partial charge in [0.1, 0.15) is 0 Å². The lowest BCUT2D eigenvalue weighted by Crippen LogP contribution is -2.34. The van der Waals surface area contributed by atoms with Crippen LogP contribution in [0, 0.1) is 6.92 Å². The number of benzene rings is 1. The van der Waals surface area contributed by atoms with E-state index in [2.05, 4.69) is 53.0 Å². The number of fused-ring (bicyclic) bond motifs is 3. The molecule has 15 heavy (non-hydrogen) atoms. The summed E-state index contributed by atoms with van der Waals surface area (Å²) in [4.78, 5) is 0. The summed E-state index contributed by atoms with van der Waals surface area (Å²) in [5.74, 6) is 0.774. The number of nitrogens with one attached hydrogen (secondary N) is 1. The van der Waals surface area contributed by atoms with E-state index in [0.29, 0.717) is 6.04 Å². The van der Waals surface area contributed by atoms with Gasteiger partial charge in [0.25, 0.3) is 0 Å². The molecule has 0 saturated heterocycles. The number of halogens is 1. The van der Waals surface area contributed by atoms with E-state index >= 15 is 0 Å². The predicted octanol–water partition coefficient (Wildman–Crippen LogP) is 3.86. The van der Waals surface area contributed by atoms with Gasteiger partial charge >= 0.3 is 0 Å². The summed E-state index contributed by atoms with van der Waals surface area (Å²) >= 11 is 2.62. The number of hydrogen-bond donors (Lipinski definition) is 1. The Balaban J connectivity index is 2.04. The number of rotatable bonds is 0. The zero-order chi connectivity index (χ0) is 10.4. The second kappa shape index (κ2) is 3.65. The molecular formula is C13H16IN. The van der Waals surface area contributed by atoms with E-state index in [1.807, 2.05) is 0 Å². The topological polar surface area (TPSA) is 12.0 Å². The van der Waals surface area contributed by atoms with Crippen molar-refractivity contribution >= 4 is 28.3 Å². The van der Waals surface area contributed by atoms with Crippen LogP contribution < -0.4 is 5.32 Å². The quantitative estimate of drug-likeness (QED) is 0.566. The van der Waals surface area contributed by atoms with Crippen LogP contribution in [0.2, 0.25) is 0 Å². The fourth-order valence-electron chi connectivity index (χ4n) is 3.05. The maximum absolute atomic E-state index is 3.75. The van der Waals surface area contributed by atoms with E-state index in [1.165, 1.54) is 30.5 Å². The molecule has 1 N–H and O–H groups in total. The molecule has 0 aromatic heterocycles. The first kappa shape index (κ1) is 9.94. The highest BCUT2D eigenvalue weighted by Crippen LogP contribution is 2.46. The van der Waals surface area contributed by atoms with Gasteiger partial charge in [-0.05, 0) is 30.9 Å². The second-order valence-electron chi connectivity index (χ2n) is 4.76. The van der Waals surface area contributed by atoms with Gasteiger partial charge in [0.2, 0.25) is 0 Å². The molecule has 2 heteroatoms. The zero-order valence-corrected chi connectivity index (χ0v) is 11.1. The van der Waals surface area contributed by atoms with Gasteiger partial charge < -0.3 is 5.32 Å². The molecule has 1 aromatic carbocycles. The SMILES string of the molecule is Cc1cccc2c1NC1C(I)CCCC21. The van der Waals surface area contributed by atoms with Crippen LogP contribution in [0.25, 0.3) is 0 Å². The average molecular weight is 313 g/mol. The van der Waals surface area contributed by atoms with Crippen LogP contribution in [0.15, 0.2) is 18.2 Å². The van der Waals surface area contributed by atoms with Crippen molar-refractivity contribution in [1.29, 1.82) is 0 Å². The fraction of sp³-hybridized carbons (Fsp3) is 0.538. The molecule has 1 aliphatic heterocycles. The Morgan fingerprint density at radius 1 is 1.33 bits per heavy atom. The third-order valence-corrected chi connectivity index (χ3v) is 5.23. The predicted molar refractivity (Wildman–Crippen MR) is 73.0 cm³/mol. The van der Waals surface area contributed by atoms with E-state index < -0.39 is 0 Å². The molecule has 3 unspecified atom stereocenters. The first-order valence-electron chi connectivity index (χ1n) is 5.77. The Hall–Kier alpha value is -0.250. The number of anilines is 1. The van der Waals surface area contributed by atoms with Crippen molar-refractivity contribution in [2.45, 2.75) is 42.1 Å². The third kappa shape index (κ3) is 1.49. The van der Waals surface area contributed by atoms with Gasteiger partial charge in [0.05, 0.1) is 0 Å². The molecule has 0 radical (unpaired) electrons. The second-order valence-corrected chi connectivity index (χ2v) is 6.36. The van der Waals surface area contributed by atoms with Crippen molar-refractivity contribution in [3.63, 3.8) is 0 Å². The van der Waals surface area contributed by atoms with Gasteiger partial charge in [-0.2, -0.15) is 0 Å². The van der Waals surface area contributed by atoms with Gasteiger partial charge in [-0.25, -0.2) is 0 Å². The molecule has 3 rings (SSSR count). The number of hydrogen-bond acceptors (Lipinski definition) is 1. The monoisotopic (exact) mass is 313 g/mol. The minimum absolute atomic E-state index is 0.690. The molecule has 3 atom stereocenters. The van der Waals surface area contributed by atoms with E-state index in [4.69, 9.17) is 0 Å². The highest BCUT2D eigenvalue weighted by Gasteiger charge is 2.38. The highest BCUT2D eigenvalue weighted by molar-refractivity contribution is 14.1. The van der Waals surface area contributed by atoms with Crippen LogP contribution in [0.1, 0.15) is 36.3 Å². The zero-order valence-electron chi connectivity index (χ0n) is 8.96. The van der Waals surface area contributed by atoms with E-state index in [1.54, 1.807) is 5.56 Å². The Bertz CT molecular complexity index is 388. The molecule has 1 aliphatic carbocycles. The maximum Gasteiger partial charge on any atom is 0.0448 e. The minimum Gasteiger partial charge on any atom is -0.380 e. The fourth-order valence-corrected chi connectivity index (χ4v) is 4.17.